The van der Waals surface area contributed by atoms with E-state index >= 15 is 0 Å². The highest BCUT2D eigenvalue weighted by atomic mass is 32.2. The fourth-order valence-corrected chi connectivity index (χ4v) is 2.11. The van der Waals surface area contributed by atoms with E-state index in [9.17, 15) is 4.39 Å². The molecule has 2 aromatic rings. The lowest BCUT2D eigenvalue weighted by molar-refractivity contribution is 0.425. The van der Waals surface area contributed by atoms with E-state index in [0.717, 1.165) is 6.07 Å². The number of aromatic nitrogens is 2. The Labute approximate surface area is 107 Å². The minimum atomic E-state index is -1.67. The highest BCUT2D eigenvalue weighted by Gasteiger charge is 2.14. The number of thioether (sulfide) groups is 1. The van der Waals surface area contributed by atoms with E-state index in [-0.39, 0.29) is 5.46 Å². The van der Waals surface area contributed by atoms with Crippen molar-refractivity contribution in [2.75, 3.05) is 0 Å². The molecule has 0 saturated heterocycles. The van der Waals surface area contributed by atoms with E-state index in [1.807, 2.05) is 0 Å². The van der Waals surface area contributed by atoms with E-state index in [2.05, 4.69) is 10.2 Å². The van der Waals surface area contributed by atoms with Crippen LogP contribution in [-0.2, 0) is 5.75 Å². The molecule has 0 radical (unpaired) electrons. The smallest absolute Gasteiger partial charge is 0.423 e. The molecule has 0 aliphatic carbocycles. The maximum absolute atomic E-state index is 13.6. The van der Waals surface area contributed by atoms with Crippen molar-refractivity contribution in [1.29, 1.82) is 0 Å². The Bertz CT molecular complexity index is 550. The second kappa shape index (κ2) is 5.51. The number of rotatable bonds is 4. The van der Waals surface area contributed by atoms with Crippen LogP contribution in [0.3, 0.4) is 0 Å². The molecule has 0 aliphatic heterocycles. The van der Waals surface area contributed by atoms with Crippen LogP contribution in [0.1, 0.15) is 11.5 Å². The van der Waals surface area contributed by atoms with Gasteiger partial charge in [0.25, 0.3) is 5.22 Å². The lowest BCUT2D eigenvalue weighted by atomic mass is 9.80. The molecule has 1 aromatic carbocycles. The predicted octanol–water partition coefficient (Wildman–Crippen LogP) is 0.489. The van der Waals surface area contributed by atoms with Gasteiger partial charge in [-0.15, -0.1) is 10.2 Å². The van der Waals surface area contributed by atoms with Gasteiger partial charge in [-0.25, -0.2) is 4.39 Å². The Hall–Kier alpha value is -1.38. The SMILES string of the molecule is Cc1nnc(SCc2ccc(B(O)O)cc2F)o1. The van der Waals surface area contributed by atoms with Gasteiger partial charge in [0, 0.05) is 12.7 Å². The van der Waals surface area contributed by atoms with Gasteiger partial charge in [-0.1, -0.05) is 23.9 Å². The first-order chi connectivity index (χ1) is 8.56. The zero-order valence-electron chi connectivity index (χ0n) is 9.50. The molecule has 18 heavy (non-hydrogen) atoms. The van der Waals surface area contributed by atoms with Crippen molar-refractivity contribution in [3.63, 3.8) is 0 Å². The second-order valence-electron chi connectivity index (χ2n) is 3.60. The van der Waals surface area contributed by atoms with Gasteiger partial charge < -0.3 is 14.5 Å². The lowest BCUT2D eigenvalue weighted by Gasteiger charge is -2.04. The average molecular weight is 268 g/mol. The van der Waals surface area contributed by atoms with Crippen LogP contribution in [-0.4, -0.2) is 27.4 Å². The van der Waals surface area contributed by atoms with Crippen LogP contribution in [0.15, 0.2) is 27.8 Å². The highest BCUT2D eigenvalue weighted by Crippen LogP contribution is 2.22. The number of hydrogen-bond acceptors (Lipinski definition) is 6. The van der Waals surface area contributed by atoms with Crippen LogP contribution < -0.4 is 5.46 Å². The Morgan fingerprint density at radius 2 is 2.17 bits per heavy atom. The number of nitrogens with zero attached hydrogens (tertiary/aromatic N) is 2. The topological polar surface area (TPSA) is 79.4 Å². The molecule has 0 atom stereocenters. The van der Waals surface area contributed by atoms with Gasteiger partial charge in [0.05, 0.1) is 0 Å². The van der Waals surface area contributed by atoms with Crippen molar-refractivity contribution < 1.29 is 18.9 Å². The minimum absolute atomic E-state index is 0.120. The number of benzene rings is 1. The zero-order chi connectivity index (χ0) is 13.1. The van der Waals surface area contributed by atoms with Gasteiger partial charge in [0.15, 0.2) is 0 Å². The fraction of sp³-hybridized carbons (Fsp3) is 0.200. The van der Waals surface area contributed by atoms with Gasteiger partial charge in [0.2, 0.25) is 5.89 Å². The molecule has 0 unspecified atom stereocenters. The Morgan fingerprint density at radius 1 is 1.39 bits per heavy atom. The minimum Gasteiger partial charge on any atom is -0.423 e. The van der Waals surface area contributed by atoms with Crippen LogP contribution in [0.5, 0.6) is 0 Å². The van der Waals surface area contributed by atoms with Crippen molar-refractivity contribution in [2.45, 2.75) is 17.9 Å². The molecular weight excluding hydrogens is 258 g/mol. The quantitative estimate of drug-likeness (QED) is 0.620. The van der Waals surface area contributed by atoms with Crippen molar-refractivity contribution in [1.82, 2.24) is 10.2 Å². The first-order valence-electron chi connectivity index (χ1n) is 5.13. The summed E-state index contributed by atoms with van der Waals surface area (Å²) in [4.78, 5) is 0. The molecule has 0 aliphatic rings. The van der Waals surface area contributed by atoms with E-state index < -0.39 is 12.9 Å². The van der Waals surface area contributed by atoms with E-state index in [4.69, 9.17) is 14.5 Å². The molecule has 1 heterocycles. The second-order valence-corrected chi connectivity index (χ2v) is 4.53. The fourth-order valence-electron chi connectivity index (χ4n) is 1.32. The molecular formula is C10H10BFN2O3S. The van der Waals surface area contributed by atoms with Gasteiger partial charge in [-0.3, -0.25) is 0 Å². The summed E-state index contributed by atoms with van der Waals surface area (Å²) in [6.45, 7) is 1.68. The zero-order valence-corrected chi connectivity index (χ0v) is 10.3. The van der Waals surface area contributed by atoms with Crippen molar-refractivity contribution in [2.24, 2.45) is 0 Å². The monoisotopic (exact) mass is 268 g/mol. The van der Waals surface area contributed by atoms with Crippen LogP contribution in [0.2, 0.25) is 0 Å². The van der Waals surface area contributed by atoms with Gasteiger partial charge in [0.1, 0.15) is 5.82 Å². The third kappa shape index (κ3) is 3.09. The maximum Gasteiger partial charge on any atom is 0.488 e. The number of halogens is 1. The van der Waals surface area contributed by atoms with Gasteiger partial charge in [-0.05, 0) is 17.1 Å². The molecule has 2 rings (SSSR count). The van der Waals surface area contributed by atoms with Crippen molar-refractivity contribution in [3.05, 3.63) is 35.5 Å². The number of hydrogen-bond donors (Lipinski definition) is 2. The lowest BCUT2D eigenvalue weighted by Crippen LogP contribution is -2.30. The van der Waals surface area contributed by atoms with Crippen molar-refractivity contribution >= 4 is 24.3 Å². The molecule has 0 bridgehead atoms. The molecule has 94 valence electrons. The van der Waals surface area contributed by atoms with Gasteiger partial charge >= 0.3 is 7.12 Å². The molecule has 0 fully saturated rings. The summed E-state index contributed by atoms with van der Waals surface area (Å²) in [6, 6.07) is 4.06. The van der Waals surface area contributed by atoms with Crippen LogP contribution in [0, 0.1) is 12.7 Å². The summed E-state index contributed by atoms with van der Waals surface area (Å²) in [7, 11) is -1.67. The van der Waals surface area contributed by atoms with E-state index in [1.54, 1.807) is 6.92 Å². The summed E-state index contributed by atoms with van der Waals surface area (Å²) in [5.41, 5.74) is 0.551. The Balaban J connectivity index is 2.05. The summed E-state index contributed by atoms with van der Waals surface area (Å²) in [5, 5.41) is 25.6. The molecule has 1 aromatic heterocycles. The molecule has 5 nitrogen and oxygen atoms in total. The summed E-state index contributed by atoms with van der Waals surface area (Å²) in [6.07, 6.45) is 0. The average Bonchev–Trinajstić information content (AvgIpc) is 2.73. The van der Waals surface area contributed by atoms with Crippen molar-refractivity contribution in [3.8, 4) is 0 Å². The summed E-state index contributed by atoms with van der Waals surface area (Å²) < 4.78 is 18.8. The molecule has 0 saturated carbocycles. The molecule has 0 spiro atoms. The number of aryl methyl sites for hydroxylation is 1. The Kier molecular flexibility index (Phi) is 4.00. The van der Waals surface area contributed by atoms with Crippen LogP contribution in [0.25, 0.3) is 0 Å². The molecule has 0 amide bonds. The predicted molar refractivity (Wildman–Crippen MR) is 64.8 cm³/mol. The first-order valence-corrected chi connectivity index (χ1v) is 6.12. The first kappa shape index (κ1) is 13.1. The normalized spacial score (nSPS) is 10.7. The highest BCUT2D eigenvalue weighted by molar-refractivity contribution is 7.98. The Morgan fingerprint density at radius 3 is 2.72 bits per heavy atom. The summed E-state index contributed by atoms with van der Waals surface area (Å²) >= 11 is 1.22. The van der Waals surface area contributed by atoms with E-state index in [1.165, 1.54) is 23.9 Å². The third-order valence-corrected chi connectivity index (χ3v) is 3.10. The van der Waals surface area contributed by atoms with Crippen LogP contribution in [0.4, 0.5) is 4.39 Å². The summed E-state index contributed by atoms with van der Waals surface area (Å²) in [5.74, 6) is 0.288. The van der Waals surface area contributed by atoms with E-state index in [0.29, 0.717) is 22.4 Å². The third-order valence-electron chi connectivity index (χ3n) is 2.23. The maximum atomic E-state index is 13.6. The molecule has 2 N–H and O–H groups in total. The van der Waals surface area contributed by atoms with Crippen LogP contribution >= 0.6 is 11.8 Å². The standard InChI is InChI=1S/C10H10BFN2O3S/c1-6-13-14-10(17-6)18-5-7-2-3-8(11(15)16)4-9(7)12/h2-4,15-16H,5H2,1H3. The van der Waals surface area contributed by atoms with Gasteiger partial charge in [-0.2, -0.15) is 0 Å². The molecule has 8 heteroatoms. The largest absolute Gasteiger partial charge is 0.488 e.